The molecule has 2 N–H and O–H groups in total. The fourth-order valence-electron chi connectivity index (χ4n) is 1.96. The van der Waals surface area contributed by atoms with Gasteiger partial charge in [0.15, 0.2) is 0 Å². The third kappa shape index (κ3) is 4.41. The zero-order chi connectivity index (χ0) is 12.7. The number of carboxylic acids is 1. The van der Waals surface area contributed by atoms with Crippen LogP contribution in [0.3, 0.4) is 0 Å². The number of likely N-dealkylation sites (tertiary alicyclic amines) is 1. The Bertz CT molecular complexity index is 324. The molecule has 17 heavy (non-hydrogen) atoms. The van der Waals surface area contributed by atoms with Gasteiger partial charge in [0, 0.05) is 6.54 Å². The molecule has 1 unspecified atom stereocenters. The van der Waals surface area contributed by atoms with Gasteiger partial charge in [-0.25, -0.2) is 0 Å². The maximum atomic E-state index is 11.5. The fourth-order valence-corrected chi connectivity index (χ4v) is 1.96. The van der Waals surface area contributed by atoms with Gasteiger partial charge in [-0.2, -0.15) is 5.26 Å². The van der Waals surface area contributed by atoms with E-state index in [4.69, 9.17) is 10.4 Å². The van der Waals surface area contributed by atoms with Crippen LogP contribution in [0.1, 0.15) is 25.7 Å². The van der Waals surface area contributed by atoms with Gasteiger partial charge in [-0.1, -0.05) is 6.42 Å². The largest absolute Gasteiger partial charge is 0.480 e. The summed E-state index contributed by atoms with van der Waals surface area (Å²) in [7, 11) is 0. The van der Waals surface area contributed by atoms with Gasteiger partial charge in [0.2, 0.25) is 5.91 Å². The Morgan fingerprint density at radius 1 is 1.47 bits per heavy atom. The number of aliphatic carboxylic acids is 1. The lowest BCUT2D eigenvalue weighted by atomic mass is 10.0. The molecule has 1 fully saturated rings. The molecule has 1 rings (SSSR count). The van der Waals surface area contributed by atoms with Gasteiger partial charge in [0.05, 0.1) is 19.0 Å². The quantitative estimate of drug-likeness (QED) is 0.656. The van der Waals surface area contributed by atoms with Crippen molar-refractivity contribution in [2.45, 2.75) is 31.7 Å². The summed E-state index contributed by atoms with van der Waals surface area (Å²) < 4.78 is 0. The molecule has 1 aliphatic rings. The SMILES string of the molecule is N#CCCNC(=O)CN1CCCCC1C(=O)O. The summed E-state index contributed by atoms with van der Waals surface area (Å²) in [6, 6.07) is 1.38. The van der Waals surface area contributed by atoms with Gasteiger partial charge in [0.25, 0.3) is 0 Å². The molecule has 0 spiro atoms. The van der Waals surface area contributed by atoms with Gasteiger partial charge in [-0.15, -0.1) is 0 Å². The highest BCUT2D eigenvalue weighted by Gasteiger charge is 2.29. The summed E-state index contributed by atoms with van der Waals surface area (Å²) in [5, 5.41) is 19.9. The second kappa shape index (κ2) is 6.86. The second-order valence-electron chi connectivity index (χ2n) is 4.08. The van der Waals surface area contributed by atoms with Crippen molar-refractivity contribution >= 4 is 11.9 Å². The van der Waals surface area contributed by atoms with Crippen molar-refractivity contribution < 1.29 is 14.7 Å². The van der Waals surface area contributed by atoms with Crippen LogP contribution in [0, 0.1) is 11.3 Å². The van der Waals surface area contributed by atoms with Crippen molar-refractivity contribution in [2.24, 2.45) is 0 Å². The van der Waals surface area contributed by atoms with Crippen LogP contribution in [0.5, 0.6) is 0 Å². The van der Waals surface area contributed by atoms with E-state index in [1.807, 2.05) is 6.07 Å². The number of nitrogens with one attached hydrogen (secondary N) is 1. The lowest BCUT2D eigenvalue weighted by Crippen LogP contribution is -2.49. The fraction of sp³-hybridized carbons (Fsp3) is 0.727. The van der Waals surface area contributed by atoms with E-state index in [9.17, 15) is 9.59 Å². The average Bonchev–Trinajstić information content (AvgIpc) is 2.29. The zero-order valence-corrected chi connectivity index (χ0v) is 9.69. The number of nitriles is 1. The van der Waals surface area contributed by atoms with Crippen LogP contribution in [0.4, 0.5) is 0 Å². The molecule has 0 bridgehead atoms. The number of amides is 1. The van der Waals surface area contributed by atoms with Crippen molar-refractivity contribution in [1.29, 1.82) is 5.26 Å². The predicted molar refractivity (Wildman–Crippen MR) is 60.1 cm³/mol. The zero-order valence-electron chi connectivity index (χ0n) is 9.69. The maximum Gasteiger partial charge on any atom is 0.320 e. The maximum absolute atomic E-state index is 11.5. The minimum atomic E-state index is -0.866. The number of nitrogens with zero attached hydrogens (tertiary/aromatic N) is 2. The Hall–Kier alpha value is -1.61. The van der Waals surface area contributed by atoms with Gasteiger partial charge >= 0.3 is 5.97 Å². The highest BCUT2D eigenvalue weighted by Crippen LogP contribution is 2.16. The van der Waals surface area contributed by atoms with Crippen LogP contribution in [-0.4, -0.2) is 47.6 Å². The van der Waals surface area contributed by atoms with E-state index < -0.39 is 12.0 Å². The third-order valence-electron chi connectivity index (χ3n) is 2.80. The van der Waals surface area contributed by atoms with E-state index in [0.717, 1.165) is 12.8 Å². The van der Waals surface area contributed by atoms with Crippen LogP contribution < -0.4 is 5.32 Å². The monoisotopic (exact) mass is 239 g/mol. The molecular formula is C11H17N3O3. The minimum absolute atomic E-state index is 0.0996. The number of carboxylic acid groups (broad SMARTS) is 1. The van der Waals surface area contributed by atoms with Crippen molar-refractivity contribution in [3.63, 3.8) is 0 Å². The van der Waals surface area contributed by atoms with Gasteiger partial charge in [-0.3, -0.25) is 14.5 Å². The van der Waals surface area contributed by atoms with Crippen LogP contribution >= 0.6 is 0 Å². The Kier molecular flexibility index (Phi) is 5.43. The molecule has 1 atom stereocenters. The van der Waals surface area contributed by atoms with Crippen LogP contribution in [0.15, 0.2) is 0 Å². The second-order valence-corrected chi connectivity index (χ2v) is 4.08. The number of rotatable bonds is 5. The Labute approximate surface area is 100 Å². The summed E-state index contributed by atoms with van der Waals surface area (Å²) >= 11 is 0. The summed E-state index contributed by atoms with van der Waals surface area (Å²) in [5.74, 6) is -1.08. The van der Waals surface area contributed by atoms with Gasteiger partial charge in [-0.05, 0) is 19.4 Å². The molecule has 94 valence electrons. The van der Waals surface area contributed by atoms with Crippen LogP contribution in [0.25, 0.3) is 0 Å². The smallest absolute Gasteiger partial charge is 0.320 e. The van der Waals surface area contributed by atoms with Crippen molar-refractivity contribution in [1.82, 2.24) is 10.2 Å². The molecule has 1 aliphatic heterocycles. The average molecular weight is 239 g/mol. The standard InChI is InChI=1S/C11H17N3O3/c12-5-3-6-13-10(15)8-14-7-2-1-4-9(14)11(16)17/h9H,1-4,6-8H2,(H,13,15)(H,16,17). The molecule has 0 aromatic carbocycles. The summed E-state index contributed by atoms with van der Waals surface area (Å²) in [6.07, 6.45) is 2.69. The van der Waals surface area contributed by atoms with Crippen LogP contribution in [0.2, 0.25) is 0 Å². The molecular weight excluding hydrogens is 222 g/mol. The van der Waals surface area contributed by atoms with E-state index in [0.29, 0.717) is 19.5 Å². The lowest BCUT2D eigenvalue weighted by molar-refractivity contribution is -0.145. The minimum Gasteiger partial charge on any atom is -0.480 e. The first-order chi connectivity index (χ1) is 8.15. The van der Waals surface area contributed by atoms with E-state index in [1.165, 1.54) is 0 Å². The number of hydrogen-bond donors (Lipinski definition) is 2. The molecule has 1 saturated heterocycles. The lowest BCUT2D eigenvalue weighted by Gasteiger charge is -2.32. The Morgan fingerprint density at radius 2 is 2.24 bits per heavy atom. The molecule has 0 aromatic rings. The first kappa shape index (κ1) is 13.5. The topological polar surface area (TPSA) is 93.4 Å². The van der Waals surface area contributed by atoms with E-state index in [1.54, 1.807) is 4.90 Å². The molecule has 0 aliphatic carbocycles. The van der Waals surface area contributed by atoms with E-state index in [-0.39, 0.29) is 18.9 Å². The van der Waals surface area contributed by atoms with Gasteiger partial charge in [0.1, 0.15) is 6.04 Å². The van der Waals surface area contributed by atoms with E-state index in [2.05, 4.69) is 5.32 Å². The normalized spacial score (nSPS) is 20.5. The first-order valence-corrected chi connectivity index (χ1v) is 5.75. The molecule has 0 radical (unpaired) electrons. The van der Waals surface area contributed by atoms with Crippen molar-refractivity contribution in [3.8, 4) is 6.07 Å². The molecule has 6 nitrogen and oxygen atoms in total. The third-order valence-corrected chi connectivity index (χ3v) is 2.80. The Morgan fingerprint density at radius 3 is 2.88 bits per heavy atom. The van der Waals surface area contributed by atoms with Crippen molar-refractivity contribution in [3.05, 3.63) is 0 Å². The molecule has 1 amide bonds. The predicted octanol–water partition coefficient (Wildman–Crippen LogP) is -0.0446. The van der Waals surface area contributed by atoms with Crippen LogP contribution in [-0.2, 0) is 9.59 Å². The highest BCUT2D eigenvalue weighted by molar-refractivity contribution is 5.80. The molecule has 0 aromatic heterocycles. The highest BCUT2D eigenvalue weighted by atomic mass is 16.4. The van der Waals surface area contributed by atoms with Gasteiger partial charge < -0.3 is 10.4 Å². The first-order valence-electron chi connectivity index (χ1n) is 5.75. The summed E-state index contributed by atoms with van der Waals surface area (Å²) in [4.78, 5) is 24.2. The van der Waals surface area contributed by atoms with E-state index >= 15 is 0 Å². The van der Waals surface area contributed by atoms with Crippen molar-refractivity contribution in [2.75, 3.05) is 19.6 Å². The number of hydrogen-bond acceptors (Lipinski definition) is 4. The number of carbonyl (C=O) groups is 2. The molecule has 6 heteroatoms. The molecule has 1 heterocycles. The summed E-state index contributed by atoms with van der Waals surface area (Å²) in [6.45, 7) is 1.06. The Balaban J connectivity index is 2.39. The number of carbonyl (C=O) groups excluding carboxylic acids is 1. The number of piperidine rings is 1. The molecule has 0 saturated carbocycles. The summed E-state index contributed by atoms with van der Waals surface area (Å²) in [5.41, 5.74) is 0.